The maximum atomic E-state index is 13.6. The lowest BCUT2D eigenvalue weighted by molar-refractivity contribution is -0.135. The summed E-state index contributed by atoms with van der Waals surface area (Å²) >= 11 is 1.71. The number of benzene rings is 2. The Kier molecular flexibility index (Phi) is 7.87. The summed E-state index contributed by atoms with van der Waals surface area (Å²) in [6.45, 7) is 6.95. The van der Waals surface area contributed by atoms with Crippen LogP contribution in [-0.2, 0) is 11.2 Å². The van der Waals surface area contributed by atoms with Crippen molar-refractivity contribution in [2.45, 2.75) is 19.4 Å². The summed E-state index contributed by atoms with van der Waals surface area (Å²) in [5, 5.41) is 2.07. The van der Waals surface area contributed by atoms with E-state index in [0.717, 1.165) is 23.3 Å². The molecule has 4 rings (SSSR count). The maximum Gasteiger partial charge on any atom is 0.254 e. The van der Waals surface area contributed by atoms with Gasteiger partial charge in [-0.2, -0.15) is 0 Å². The van der Waals surface area contributed by atoms with Crippen LogP contribution in [0, 0.1) is 6.92 Å². The zero-order valence-corrected chi connectivity index (χ0v) is 20.9. The molecule has 182 valence electrons. The summed E-state index contributed by atoms with van der Waals surface area (Å²) in [7, 11) is 1.56. The monoisotopic (exact) mass is 490 g/mol. The molecule has 0 radical (unpaired) electrons. The van der Waals surface area contributed by atoms with E-state index in [4.69, 9.17) is 9.47 Å². The van der Waals surface area contributed by atoms with Crippen LogP contribution in [0.2, 0.25) is 0 Å². The first-order chi connectivity index (χ1) is 17.0. The zero-order valence-electron chi connectivity index (χ0n) is 20.1. The van der Waals surface area contributed by atoms with E-state index in [-0.39, 0.29) is 30.9 Å². The van der Waals surface area contributed by atoms with Crippen molar-refractivity contribution in [3.05, 3.63) is 94.2 Å². The number of ether oxygens (including phenoxy) is 2. The second kappa shape index (κ2) is 11.2. The van der Waals surface area contributed by atoms with Crippen molar-refractivity contribution in [2.24, 2.45) is 0 Å². The van der Waals surface area contributed by atoms with E-state index in [1.165, 1.54) is 9.78 Å². The van der Waals surface area contributed by atoms with Crippen LogP contribution in [0.1, 0.15) is 32.4 Å². The first kappa shape index (κ1) is 24.5. The minimum absolute atomic E-state index is 0.0393. The van der Waals surface area contributed by atoms with Crippen molar-refractivity contribution in [3.8, 4) is 11.5 Å². The van der Waals surface area contributed by atoms with Gasteiger partial charge in [-0.25, -0.2) is 0 Å². The number of fused-ring (bicyclic) bond motifs is 1. The molecule has 7 heteroatoms. The Morgan fingerprint density at radius 2 is 2.03 bits per heavy atom. The van der Waals surface area contributed by atoms with Crippen LogP contribution in [0.3, 0.4) is 0 Å². The van der Waals surface area contributed by atoms with E-state index < -0.39 is 0 Å². The molecule has 0 saturated heterocycles. The highest BCUT2D eigenvalue weighted by Gasteiger charge is 2.33. The molecule has 35 heavy (non-hydrogen) atoms. The molecule has 0 N–H and O–H groups in total. The third-order valence-corrected chi connectivity index (χ3v) is 7.18. The number of aryl methyl sites for hydroxylation is 1. The molecular formula is C28H30N2O4S. The summed E-state index contributed by atoms with van der Waals surface area (Å²) in [5.41, 5.74) is 2.64. The number of hydrogen-bond donors (Lipinski definition) is 0. The van der Waals surface area contributed by atoms with Gasteiger partial charge in [0.25, 0.3) is 5.91 Å². The molecular weight excluding hydrogens is 460 g/mol. The lowest BCUT2D eigenvalue weighted by atomic mass is 10.00. The van der Waals surface area contributed by atoms with Crippen LogP contribution in [0.4, 0.5) is 0 Å². The molecule has 0 saturated carbocycles. The average molecular weight is 491 g/mol. The summed E-state index contributed by atoms with van der Waals surface area (Å²) in [5.74, 6) is 1.05. The van der Waals surface area contributed by atoms with Gasteiger partial charge in [0.15, 0.2) is 0 Å². The number of nitrogens with zero attached hydrogens (tertiary/aromatic N) is 2. The van der Waals surface area contributed by atoms with Crippen LogP contribution in [0.25, 0.3) is 0 Å². The Morgan fingerprint density at radius 3 is 2.80 bits per heavy atom. The number of methoxy groups -OCH3 is 1. The molecule has 1 aromatic heterocycles. The molecule has 2 aromatic carbocycles. The number of para-hydroxylation sites is 1. The Balaban J connectivity index is 1.53. The van der Waals surface area contributed by atoms with Gasteiger partial charge in [-0.3, -0.25) is 9.59 Å². The zero-order chi connectivity index (χ0) is 24.8. The maximum absolute atomic E-state index is 13.6. The van der Waals surface area contributed by atoms with Gasteiger partial charge in [0.1, 0.15) is 24.7 Å². The SMILES string of the molecule is C=CCN(CC(=O)N1CCc2sccc2C1COc1ccccc1C)C(=O)c1cccc(OC)c1. The lowest BCUT2D eigenvalue weighted by Crippen LogP contribution is -2.47. The quantitative estimate of drug-likeness (QED) is 0.401. The number of carbonyl (C=O) groups excluding carboxylic acids is 2. The molecule has 1 aliphatic rings. The van der Waals surface area contributed by atoms with E-state index in [1.807, 2.05) is 36.1 Å². The molecule has 1 unspecified atom stereocenters. The second-order valence-corrected chi connectivity index (χ2v) is 9.44. The standard InChI is InChI=1S/C28H30N2O4S/c1-4-14-29(28(32)21-9-7-10-22(17-21)33-3)18-27(31)30-15-12-26-23(13-16-35-26)24(30)19-34-25-11-6-5-8-20(25)2/h4-11,13,16-17,24H,1,12,14-15,18-19H2,2-3H3. The molecule has 1 atom stereocenters. The van der Waals surface area contributed by atoms with Crippen molar-refractivity contribution in [3.63, 3.8) is 0 Å². The number of hydrogen-bond acceptors (Lipinski definition) is 5. The fourth-order valence-electron chi connectivity index (χ4n) is 4.33. The molecule has 0 spiro atoms. The first-order valence-electron chi connectivity index (χ1n) is 11.6. The van der Waals surface area contributed by atoms with Gasteiger partial charge in [-0.05, 0) is 60.2 Å². The summed E-state index contributed by atoms with van der Waals surface area (Å²) in [6.07, 6.45) is 2.43. The number of rotatable bonds is 9. The number of thiophene rings is 1. The number of amides is 2. The predicted octanol–water partition coefficient (Wildman–Crippen LogP) is 4.90. The van der Waals surface area contributed by atoms with Crippen molar-refractivity contribution in [1.82, 2.24) is 9.80 Å². The Morgan fingerprint density at radius 1 is 1.20 bits per heavy atom. The second-order valence-electron chi connectivity index (χ2n) is 8.43. The largest absolute Gasteiger partial charge is 0.497 e. The molecule has 0 fully saturated rings. The van der Waals surface area contributed by atoms with Gasteiger partial charge in [0, 0.05) is 23.5 Å². The van der Waals surface area contributed by atoms with Crippen molar-refractivity contribution in [2.75, 3.05) is 33.4 Å². The normalized spacial score (nSPS) is 14.7. The van der Waals surface area contributed by atoms with E-state index in [1.54, 1.807) is 48.8 Å². The molecule has 2 amide bonds. The van der Waals surface area contributed by atoms with Crippen molar-refractivity contribution in [1.29, 1.82) is 0 Å². The van der Waals surface area contributed by atoms with Gasteiger partial charge < -0.3 is 19.3 Å². The highest BCUT2D eigenvalue weighted by atomic mass is 32.1. The average Bonchev–Trinajstić information content (AvgIpc) is 3.36. The van der Waals surface area contributed by atoms with Crippen molar-refractivity contribution < 1.29 is 19.1 Å². The van der Waals surface area contributed by atoms with Gasteiger partial charge in [-0.1, -0.05) is 30.3 Å². The summed E-state index contributed by atoms with van der Waals surface area (Å²) in [4.78, 5) is 31.5. The Bertz CT molecular complexity index is 1200. The van der Waals surface area contributed by atoms with Crippen LogP contribution >= 0.6 is 11.3 Å². The van der Waals surface area contributed by atoms with Gasteiger partial charge >= 0.3 is 0 Å². The van der Waals surface area contributed by atoms with E-state index in [2.05, 4.69) is 18.0 Å². The predicted molar refractivity (Wildman–Crippen MR) is 138 cm³/mol. The Labute approximate surface area is 210 Å². The minimum Gasteiger partial charge on any atom is -0.497 e. The molecule has 3 aromatic rings. The molecule has 0 bridgehead atoms. The van der Waals surface area contributed by atoms with Crippen LogP contribution in [0.5, 0.6) is 11.5 Å². The number of carbonyl (C=O) groups is 2. The van der Waals surface area contributed by atoms with Crippen LogP contribution in [0.15, 0.2) is 72.6 Å². The molecule has 1 aliphatic heterocycles. The minimum atomic E-state index is -0.238. The van der Waals surface area contributed by atoms with Gasteiger partial charge in [-0.15, -0.1) is 17.9 Å². The van der Waals surface area contributed by atoms with Gasteiger partial charge in [0.2, 0.25) is 5.91 Å². The highest BCUT2D eigenvalue weighted by Crippen LogP contribution is 2.34. The van der Waals surface area contributed by atoms with Crippen LogP contribution < -0.4 is 9.47 Å². The highest BCUT2D eigenvalue weighted by molar-refractivity contribution is 7.10. The van der Waals surface area contributed by atoms with E-state index in [9.17, 15) is 9.59 Å². The molecule has 0 aliphatic carbocycles. The lowest BCUT2D eigenvalue weighted by Gasteiger charge is -2.37. The Hall–Kier alpha value is -3.58. The summed E-state index contributed by atoms with van der Waals surface area (Å²) < 4.78 is 11.4. The van der Waals surface area contributed by atoms with Gasteiger partial charge in [0.05, 0.1) is 13.2 Å². The molecule has 6 nitrogen and oxygen atoms in total. The topological polar surface area (TPSA) is 59.1 Å². The third kappa shape index (κ3) is 5.57. The van der Waals surface area contributed by atoms with E-state index >= 15 is 0 Å². The van der Waals surface area contributed by atoms with Crippen molar-refractivity contribution >= 4 is 23.2 Å². The van der Waals surface area contributed by atoms with Crippen LogP contribution in [-0.4, -0.2) is 55.0 Å². The molecule has 2 heterocycles. The van der Waals surface area contributed by atoms with E-state index in [0.29, 0.717) is 24.5 Å². The third-order valence-electron chi connectivity index (χ3n) is 6.19. The first-order valence-corrected chi connectivity index (χ1v) is 12.5. The fourth-order valence-corrected chi connectivity index (χ4v) is 5.26. The smallest absolute Gasteiger partial charge is 0.254 e. The summed E-state index contributed by atoms with van der Waals surface area (Å²) in [6, 6.07) is 16.7. The fraction of sp³-hybridized carbons (Fsp3) is 0.286.